The minimum absolute atomic E-state index is 0.205. The molecule has 1 fully saturated rings. The molecule has 0 bridgehead atoms. The third kappa shape index (κ3) is 7.81. The number of urea groups is 1. The van der Waals surface area contributed by atoms with Crippen molar-refractivity contribution in [1.82, 2.24) is 15.5 Å². The Bertz CT molecular complexity index is 1370. The average molecular weight is 595 g/mol. The molecule has 0 radical (unpaired) electrons. The molecule has 0 spiro atoms. The predicted octanol–water partition coefficient (Wildman–Crippen LogP) is 4.74. The maximum atomic E-state index is 13.8. The highest BCUT2D eigenvalue weighted by molar-refractivity contribution is 8.00. The van der Waals surface area contributed by atoms with E-state index < -0.39 is 34.9 Å². The SMILES string of the molecule is Cc1ccccc1CNC(=O)[C@H]1N(C(=O)[C@@H](O)[C@H](Cc2ccccc2)NC(=O)Nc2ccc(Cl)cc2)CSC1(C)C. The fourth-order valence-corrected chi connectivity index (χ4v) is 6.09. The summed E-state index contributed by atoms with van der Waals surface area (Å²) in [6.07, 6.45) is -1.39. The van der Waals surface area contributed by atoms with Crippen LogP contribution in [0.5, 0.6) is 0 Å². The maximum Gasteiger partial charge on any atom is 0.319 e. The van der Waals surface area contributed by atoms with E-state index in [-0.39, 0.29) is 18.2 Å². The van der Waals surface area contributed by atoms with Crippen molar-refractivity contribution in [1.29, 1.82) is 0 Å². The van der Waals surface area contributed by atoms with Crippen molar-refractivity contribution in [2.24, 2.45) is 0 Å². The maximum absolute atomic E-state index is 13.8. The molecule has 41 heavy (non-hydrogen) atoms. The first-order valence-electron chi connectivity index (χ1n) is 13.4. The number of carbonyl (C=O) groups excluding carboxylic acids is 3. The number of aryl methyl sites for hydroxylation is 1. The lowest BCUT2D eigenvalue weighted by molar-refractivity contribution is -0.147. The Morgan fingerprint density at radius 1 is 1.02 bits per heavy atom. The first-order valence-corrected chi connectivity index (χ1v) is 14.7. The van der Waals surface area contributed by atoms with Crippen molar-refractivity contribution in [3.05, 3.63) is 101 Å². The minimum atomic E-state index is -1.59. The Balaban J connectivity index is 1.50. The zero-order chi connectivity index (χ0) is 29.6. The van der Waals surface area contributed by atoms with E-state index in [1.54, 1.807) is 24.3 Å². The summed E-state index contributed by atoms with van der Waals surface area (Å²) in [6, 6.07) is 21.3. The zero-order valence-electron chi connectivity index (χ0n) is 23.3. The van der Waals surface area contributed by atoms with Gasteiger partial charge in [0.25, 0.3) is 5.91 Å². The number of rotatable bonds is 9. The summed E-state index contributed by atoms with van der Waals surface area (Å²) in [5, 5.41) is 20.4. The molecule has 3 aromatic rings. The molecule has 1 heterocycles. The highest BCUT2D eigenvalue weighted by Gasteiger charge is 2.49. The van der Waals surface area contributed by atoms with Gasteiger partial charge in [0.2, 0.25) is 5.91 Å². The van der Waals surface area contributed by atoms with Crippen LogP contribution in [-0.2, 0) is 22.6 Å². The Hall–Kier alpha value is -3.53. The fraction of sp³-hybridized carbons (Fsp3) is 0.323. The van der Waals surface area contributed by atoms with Gasteiger partial charge in [-0.1, -0.05) is 66.2 Å². The van der Waals surface area contributed by atoms with Crippen LogP contribution in [0.3, 0.4) is 0 Å². The fourth-order valence-electron chi connectivity index (χ4n) is 4.82. The van der Waals surface area contributed by atoms with Gasteiger partial charge >= 0.3 is 6.03 Å². The Morgan fingerprint density at radius 3 is 2.37 bits per heavy atom. The molecule has 1 aliphatic rings. The van der Waals surface area contributed by atoms with Crippen LogP contribution in [0, 0.1) is 6.92 Å². The van der Waals surface area contributed by atoms with Gasteiger partial charge < -0.3 is 26.0 Å². The third-order valence-electron chi connectivity index (χ3n) is 7.14. The van der Waals surface area contributed by atoms with Crippen molar-refractivity contribution in [3.63, 3.8) is 0 Å². The Labute approximate surface area is 249 Å². The monoisotopic (exact) mass is 594 g/mol. The number of amides is 4. The van der Waals surface area contributed by atoms with Gasteiger partial charge in [-0.2, -0.15) is 0 Å². The second kappa shape index (κ2) is 13.4. The zero-order valence-corrected chi connectivity index (χ0v) is 24.8. The van der Waals surface area contributed by atoms with E-state index >= 15 is 0 Å². The van der Waals surface area contributed by atoms with Crippen molar-refractivity contribution in [3.8, 4) is 0 Å². The molecular formula is C31H35ClN4O4S. The molecular weight excluding hydrogens is 560 g/mol. The number of nitrogens with one attached hydrogen (secondary N) is 3. The summed E-state index contributed by atoms with van der Waals surface area (Å²) in [6.45, 7) is 6.13. The summed E-state index contributed by atoms with van der Waals surface area (Å²) in [4.78, 5) is 41.6. The van der Waals surface area contributed by atoms with Crippen LogP contribution >= 0.6 is 23.4 Å². The summed E-state index contributed by atoms with van der Waals surface area (Å²) < 4.78 is -0.584. The lowest BCUT2D eigenvalue weighted by Crippen LogP contribution is -2.59. The third-order valence-corrected chi connectivity index (χ3v) is 8.77. The number of thioether (sulfide) groups is 1. The van der Waals surface area contributed by atoms with Gasteiger partial charge in [0.15, 0.2) is 6.10 Å². The molecule has 4 N–H and O–H groups in total. The van der Waals surface area contributed by atoms with Crippen molar-refractivity contribution in [2.75, 3.05) is 11.2 Å². The van der Waals surface area contributed by atoms with E-state index in [4.69, 9.17) is 11.6 Å². The van der Waals surface area contributed by atoms with E-state index in [0.29, 0.717) is 17.3 Å². The number of hydrogen-bond donors (Lipinski definition) is 4. The van der Waals surface area contributed by atoms with Crippen LogP contribution in [0.25, 0.3) is 0 Å². The molecule has 3 aromatic carbocycles. The van der Waals surface area contributed by atoms with E-state index in [9.17, 15) is 19.5 Å². The molecule has 8 nitrogen and oxygen atoms in total. The summed E-state index contributed by atoms with van der Waals surface area (Å²) in [7, 11) is 0. The number of nitrogens with zero attached hydrogens (tertiary/aromatic N) is 1. The quantitative estimate of drug-likeness (QED) is 0.286. The van der Waals surface area contributed by atoms with E-state index in [0.717, 1.165) is 16.7 Å². The molecule has 0 aliphatic carbocycles. The number of aliphatic hydroxyl groups excluding tert-OH is 1. The van der Waals surface area contributed by atoms with Gasteiger partial charge in [-0.05, 0) is 68.1 Å². The van der Waals surface area contributed by atoms with Crippen LogP contribution in [0.4, 0.5) is 10.5 Å². The Morgan fingerprint density at radius 2 is 1.68 bits per heavy atom. The van der Waals surface area contributed by atoms with Crippen LogP contribution < -0.4 is 16.0 Å². The molecule has 10 heteroatoms. The van der Waals surface area contributed by atoms with Gasteiger partial charge in [-0.25, -0.2) is 4.79 Å². The summed E-state index contributed by atoms with van der Waals surface area (Å²) >= 11 is 7.41. The standard InChI is InChI=1S/C31H35ClN4O4S/c1-20-9-7-8-12-22(20)18-33-28(38)27-31(2,3)41-19-36(27)29(39)26(37)25(17-21-10-5-4-6-11-21)35-30(40)34-24-15-13-23(32)14-16-24/h4-16,25-27,37H,17-19H2,1-3H3,(H,33,38)(H2,34,35,40)/t25-,26-,27+/m0/s1. The van der Waals surface area contributed by atoms with Crippen molar-refractivity contribution in [2.45, 2.75) is 56.7 Å². The lowest BCUT2D eigenvalue weighted by Gasteiger charge is -2.33. The van der Waals surface area contributed by atoms with Gasteiger partial charge in [-0.15, -0.1) is 11.8 Å². The molecule has 1 saturated heterocycles. The molecule has 1 aliphatic heterocycles. The number of anilines is 1. The van der Waals surface area contributed by atoms with Gasteiger partial charge in [0.1, 0.15) is 6.04 Å². The number of carbonyl (C=O) groups is 3. The Kier molecular flexibility index (Phi) is 9.96. The largest absolute Gasteiger partial charge is 0.381 e. The molecule has 0 saturated carbocycles. The van der Waals surface area contributed by atoms with Crippen molar-refractivity contribution >= 4 is 46.9 Å². The minimum Gasteiger partial charge on any atom is -0.381 e. The second-order valence-corrected chi connectivity index (χ2v) is 12.6. The van der Waals surface area contributed by atoms with Crippen LogP contribution in [0.2, 0.25) is 5.02 Å². The molecule has 216 valence electrons. The number of hydrogen-bond acceptors (Lipinski definition) is 5. The number of aliphatic hydroxyl groups is 1. The van der Waals surface area contributed by atoms with E-state index in [2.05, 4.69) is 16.0 Å². The van der Waals surface area contributed by atoms with E-state index in [1.165, 1.54) is 16.7 Å². The molecule has 0 unspecified atom stereocenters. The predicted molar refractivity (Wildman–Crippen MR) is 164 cm³/mol. The van der Waals surface area contributed by atoms with Gasteiger partial charge in [0.05, 0.1) is 11.9 Å². The van der Waals surface area contributed by atoms with Crippen molar-refractivity contribution < 1.29 is 19.5 Å². The first kappa shape index (κ1) is 30.4. The van der Waals surface area contributed by atoms with Crippen LogP contribution in [0.1, 0.15) is 30.5 Å². The number of benzene rings is 3. The summed E-state index contributed by atoms with van der Waals surface area (Å²) in [5.41, 5.74) is 3.39. The molecule has 0 aromatic heterocycles. The molecule has 3 atom stereocenters. The topological polar surface area (TPSA) is 111 Å². The number of halogens is 1. The van der Waals surface area contributed by atoms with Gasteiger partial charge in [0, 0.05) is 22.0 Å². The first-order chi connectivity index (χ1) is 19.5. The average Bonchev–Trinajstić information content (AvgIpc) is 3.27. The van der Waals surface area contributed by atoms with E-state index in [1.807, 2.05) is 75.4 Å². The smallest absolute Gasteiger partial charge is 0.319 e. The second-order valence-electron chi connectivity index (χ2n) is 10.6. The van der Waals surface area contributed by atoms with Crippen LogP contribution in [0.15, 0.2) is 78.9 Å². The van der Waals surface area contributed by atoms with Gasteiger partial charge in [-0.3, -0.25) is 9.59 Å². The normalized spacial score (nSPS) is 17.4. The molecule has 4 rings (SSSR count). The molecule has 4 amide bonds. The summed E-state index contributed by atoms with van der Waals surface area (Å²) in [5.74, 6) is -0.677. The lowest BCUT2D eigenvalue weighted by atomic mass is 9.97. The van der Waals surface area contributed by atoms with Crippen LogP contribution in [-0.4, -0.2) is 56.7 Å². The highest BCUT2D eigenvalue weighted by atomic mass is 35.5. The highest BCUT2D eigenvalue weighted by Crippen LogP contribution is 2.40.